The monoisotopic (exact) mass is 277 g/mol. The van der Waals surface area contributed by atoms with Gasteiger partial charge < -0.3 is 10.1 Å². The van der Waals surface area contributed by atoms with E-state index in [1.54, 1.807) is 0 Å². The molecule has 0 aliphatic rings. The molecule has 112 valence electrons. The first-order chi connectivity index (χ1) is 9.54. The Morgan fingerprint density at radius 1 is 1.15 bits per heavy atom. The molecule has 0 aliphatic heterocycles. The van der Waals surface area contributed by atoms with Gasteiger partial charge in [0.25, 0.3) is 5.91 Å². The molecule has 0 bridgehead atoms. The van der Waals surface area contributed by atoms with Crippen LogP contribution in [0.3, 0.4) is 0 Å². The van der Waals surface area contributed by atoms with Crippen molar-refractivity contribution in [3.05, 3.63) is 29.8 Å². The summed E-state index contributed by atoms with van der Waals surface area (Å²) in [5.74, 6) is 1.23. The van der Waals surface area contributed by atoms with E-state index in [2.05, 4.69) is 26.1 Å². The molecule has 0 saturated carbocycles. The molecule has 1 amide bonds. The van der Waals surface area contributed by atoms with Crippen LogP contribution in [0.2, 0.25) is 0 Å². The van der Waals surface area contributed by atoms with Gasteiger partial charge in [-0.15, -0.1) is 0 Å². The molecule has 1 N–H and O–H groups in total. The van der Waals surface area contributed by atoms with Crippen LogP contribution in [0.5, 0.6) is 5.75 Å². The molecule has 1 aromatic carbocycles. The fourth-order valence-corrected chi connectivity index (χ4v) is 1.70. The van der Waals surface area contributed by atoms with Crippen molar-refractivity contribution < 1.29 is 9.53 Å². The van der Waals surface area contributed by atoms with Crippen molar-refractivity contribution in [2.75, 3.05) is 6.61 Å². The first-order valence-corrected chi connectivity index (χ1v) is 7.58. The smallest absolute Gasteiger partial charge is 0.251 e. The molecule has 0 aliphatic carbocycles. The minimum absolute atomic E-state index is 0.0243. The van der Waals surface area contributed by atoms with E-state index in [1.165, 1.54) is 12.8 Å². The quantitative estimate of drug-likeness (QED) is 0.729. The van der Waals surface area contributed by atoms with Gasteiger partial charge >= 0.3 is 0 Å². The predicted molar refractivity (Wildman–Crippen MR) is 83.2 cm³/mol. The number of amides is 1. The lowest BCUT2D eigenvalue weighted by atomic mass is 10.1. The number of ether oxygens (including phenoxy) is 1. The Kier molecular flexibility index (Phi) is 7.13. The van der Waals surface area contributed by atoms with Crippen LogP contribution in [0.15, 0.2) is 24.3 Å². The molecule has 0 aromatic heterocycles. The second-order valence-electron chi connectivity index (χ2n) is 5.59. The minimum atomic E-state index is -0.0243. The molecule has 0 fully saturated rings. The largest absolute Gasteiger partial charge is 0.494 e. The first kappa shape index (κ1) is 16.5. The average Bonchev–Trinajstić information content (AvgIpc) is 2.44. The highest BCUT2D eigenvalue weighted by Crippen LogP contribution is 2.13. The van der Waals surface area contributed by atoms with Gasteiger partial charge in [-0.05, 0) is 43.5 Å². The molecule has 20 heavy (non-hydrogen) atoms. The van der Waals surface area contributed by atoms with Crippen molar-refractivity contribution >= 4 is 5.91 Å². The molecule has 0 radical (unpaired) electrons. The van der Waals surface area contributed by atoms with Crippen LogP contribution >= 0.6 is 0 Å². The normalized spacial score (nSPS) is 12.2. The van der Waals surface area contributed by atoms with E-state index in [1.807, 2.05) is 31.2 Å². The SMILES string of the molecule is CCCCCOc1ccc(C(=O)NC(C)C(C)C)cc1. The second kappa shape index (κ2) is 8.62. The zero-order chi connectivity index (χ0) is 15.0. The van der Waals surface area contributed by atoms with Crippen molar-refractivity contribution in [1.29, 1.82) is 0 Å². The number of hydrogen-bond donors (Lipinski definition) is 1. The number of carbonyl (C=O) groups is 1. The molecule has 1 aromatic rings. The van der Waals surface area contributed by atoms with E-state index >= 15 is 0 Å². The fraction of sp³-hybridized carbons (Fsp3) is 0.588. The van der Waals surface area contributed by atoms with Crippen LogP contribution in [0.25, 0.3) is 0 Å². The van der Waals surface area contributed by atoms with Gasteiger partial charge in [-0.25, -0.2) is 0 Å². The van der Waals surface area contributed by atoms with E-state index in [0.717, 1.165) is 18.8 Å². The van der Waals surface area contributed by atoms with E-state index < -0.39 is 0 Å². The number of rotatable bonds is 8. The van der Waals surface area contributed by atoms with E-state index in [4.69, 9.17) is 4.74 Å². The van der Waals surface area contributed by atoms with Gasteiger partial charge in [0, 0.05) is 11.6 Å². The van der Waals surface area contributed by atoms with Gasteiger partial charge in [0.2, 0.25) is 0 Å². The summed E-state index contributed by atoms with van der Waals surface area (Å²) in [6.07, 6.45) is 3.45. The van der Waals surface area contributed by atoms with Crippen LogP contribution in [0.4, 0.5) is 0 Å². The fourth-order valence-electron chi connectivity index (χ4n) is 1.70. The van der Waals surface area contributed by atoms with Crippen LogP contribution < -0.4 is 10.1 Å². The highest BCUT2D eigenvalue weighted by molar-refractivity contribution is 5.94. The summed E-state index contributed by atoms with van der Waals surface area (Å²) < 4.78 is 5.63. The Bertz CT molecular complexity index is 398. The molecular weight excluding hydrogens is 250 g/mol. The Labute approximate surface area is 122 Å². The van der Waals surface area contributed by atoms with E-state index in [-0.39, 0.29) is 11.9 Å². The standard InChI is InChI=1S/C17H27NO2/c1-5-6-7-12-20-16-10-8-15(9-11-16)17(19)18-14(4)13(2)3/h8-11,13-14H,5-7,12H2,1-4H3,(H,18,19). The molecule has 1 atom stereocenters. The van der Waals surface area contributed by atoms with Crippen molar-refractivity contribution in [3.63, 3.8) is 0 Å². The lowest BCUT2D eigenvalue weighted by molar-refractivity contribution is 0.0930. The van der Waals surface area contributed by atoms with Crippen molar-refractivity contribution in [1.82, 2.24) is 5.32 Å². The third-order valence-electron chi connectivity index (χ3n) is 3.49. The number of nitrogens with one attached hydrogen (secondary N) is 1. The summed E-state index contributed by atoms with van der Waals surface area (Å²) in [4.78, 5) is 12.0. The van der Waals surface area contributed by atoms with Crippen molar-refractivity contribution in [2.24, 2.45) is 5.92 Å². The first-order valence-electron chi connectivity index (χ1n) is 7.58. The number of carbonyl (C=O) groups excluding carboxylic acids is 1. The summed E-state index contributed by atoms with van der Waals surface area (Å²) in [6.45, 7) is 9.12. The van der Waals surface area contributed by atoms with Crippen LogP contribution in [0, 0.1) is 5.92 Å². The molecule has 0 heterocycles. The maximum atomic E-state index is 12.0. The van der Waals surface area contributed by atoms with E-state index in [9.17, 15) is 4.79 Å². The summed E-state index contributed by atoms with van der Waals surface area (Å²) in [6, 6.07) is 7.53. The molecule has 3 heteroatoms. The Morgan fingerprint density at radius 3 is 2.35 bits per heavy atom. The minimum Gasteiger partial charge on any atom is -0.494 e. The molecule has 0 spiro atoms. The zero-order valence-electron chi connectivity index (χ0n) is 13.1. The molecule has 1 unspecified atom stereocenters. The molecular formula is C17H27NO2. The number of hydrogen-bond acceptors (Lipinski definition) is 2. The lowest BCUT2D eigenvalue weighted by Gasteiger charge is -2.17. The molecule has 0 saturated heterocycles. The van der Waals surface area contributed by atoms with Gasteiger partial charge in [-0.3, -0.25) is 4.79 Å². The Hall–Kier alpha value is -1.51. The zero-order valence-corrected chi connectivity index (χ0v) is 13.1. The topological polar surface area (TPSA) is 38.3 Å². The Balaban J connectivity index is 2.47. The van der Waals surface area contributed by atoms with Crippen LogP contribution in [0.1, 0.15) is 57.3 Å². The summed E-state index contributed by atoms with van der Waals surface area (Å²) in [5, 5.41) is 3.00. The van der Waals surface area contributed by atoms with Gasteiger partial charge in [-0.2, -0.15) is 0 Å². The van der Waals surface area contributed by atoms with Gasteiger partial charge in [0.1, 0.15) is 5.75 Å². The summed E-state index contributed by atoms with van der Waals surface area (Å²) in [7, 11) is 0. The summed E-state index contributed by atoms with van der Waals surface area (Å²) in [5.41, 5.74) is 0.679. The molecule has 3 nitrogen and oxygen atoms in total. The van der Waals surface area contributed by atoms with Crippen LogP contribution in [-0.2, 0) is 0 Å². The number of benzene rings is 1. The van der Waals surface area contributed by atoms with Gasteiger partial charge in [-0.1, -0.05) is 33.6 Å². The van der Waals surface area contributed by atoms with Gasteiger partial charge in [0.15, 0.2) is 0 Å². The maximum absolute atomic E-state index is 12.0. The lowest BCUT2D eigenvalue weighted by Crippen LogP contribution is -2.36. The van der Waals surface area contributed by atoms with Crippen LogP contribution in [-0.4, -0.2) is 18.6 Å². The highest BCUT2D eigenvalue weighted by atomic mass is 16.5. The third kappa shape index (κ3) is 5.64. The average molecular weight is 277 g/mol. The highest BCUT2D eigenvalue weighted by Gasteiger charge is 2.12. The maximum Gasteiger partial charge on any atom is 0.251 e. The van der Waals surface area contributed by atoms with Crippen molar-refractivity contribution in [2.45, 2.75) is 53.0 Å². The summed E-state index contributed by atoms with van der Waals surface area (Å²) >= 11 is 0. The third-order valence-corrected chi connectivity index (χ3v) is 3.49. The predicted octanol–water partition coefficient (Wildman–Crippen LogP) is 4.03. The van der Waals surface area contributed by atoms with Gasteiger partial charge in [0.05, 0.1) is 6.61 Å². The second-order valence-corrected chi connectivity index (χ2v) is 5.59. The Morgan fingerprint density at radius 2 is 1.80 bits per heavy atom. The van der Waals surface area contributed by atoms with Crippen molar-refractivity contribution in [3.8, 4) is 5.75 Å². The number of unbranched alkanes of at least 4 members (excludes halogenated alkanes) is 2. The molecule has 1 rings (SSSR count). The van der Waals surface area contributed by atoms with E-state index in [0.29, 0.717) is 11.5 Å².